The van der Waals surface area contributed by atoms with Crippen LogP contribution in [0.4, 0.5) is 0 Å². The third-order valence-corrected chi connectivity index (χ3v) is 2.83. The third kappa shape index (κ3) is 1.95. The van der Waals surface area contributed by atoms with Gasteiger partial charge in [0.25, 0.3) is 0 Å². The van der Waals surface area contributed by atoms with E-state index >= 15 is 0 Å². The van der Waals surface area contributed by atoms with Crippen LogP contribution in [0.2, 0.25) is 0 Å². The van der Waals surface area contributed by atoms with Crippen LogP contribution in [-0.4, -0.2) is 27.3 Å². The SMILES string of the molecule is COc1cc(C(=O)c2ccccc2)nc2cncn12. The first-order valence-corrected chi connectivity index (χ1v) is 5.76. The second-order valence-corrected chi connectivity index (χ2v) is 4.00. The highest BCUT2D eigenvalue weighted by Gasteiger charge is 2.14. The van der Waals surface area contributed by atoms with Gasteiger partial charge in [-0.3, -0.25) is 9.20 Å². The zero-order valence-electron chi connectivity index (χ0n) is 10.3. The van der Waals surface area contributed by atoms with Crippen LogP contribution in [0, 0.1) is 0 Å². The van der Waals surface area contributed by atoms with Crippen molar-refractivity contribution in [2.24, 2.45) is 0 Å². The molecule has 2 heterocycles. The van der Waals surface area contributed by atoms with Gasteiger partial charge < -0.3 is 4.74 Å². The number of carbonyl (C=O) groups excluding carboxylic acids is 1. The fourth-order valence-corrected chi connectivity index (χ4v) is 1.89. The lowest BCUT2D eigenvalue weighted by Crippen LogP contribution is -2.06. The van der Waals surface area contributed by atoms with Gasteiger partial charge in [-0.2, -0.15) is 0 Å². The molecule has 0 spiro atoms. The molecule has 5 nitrogen and oxygen atoms in total. The van der Waals surface area contributed by atoms with E-state index in [-0.39, 0.29) is 5.78 Å². The number of aromatic nitrogens is 3. The molecule has 1 aromatic carbocycles. The zero-order chi connectivity index (χ0) is 13.2. The van der Waals surface area contributed by atoms with E-state index in [1.165, 1.54) is 0 Å². The van der Waals surface area contributed by atoms with Crippen molar-refractivity contribution < 1.29 is 9.53 Å². The summed E-state index contributed by atoms with van der Waals surface area (Å²) in [5, 5.41) is 0. The van der Waals surface area contributed by atoms with Gasteiger partial charge in [0, 0.05) is 11.6 Å². The maximum atomic E-state index is 12.3. The lowest BCUT2D eigenvalue weighted by atomic mass is 10.1. The number of hydrogen-bond acceptors (Lipinski definition) is 4. The van der Waals surface area contributed by atoms with Crippen molar-refractivity contribution >= 4 is 11.4 Å². The summed E-state index contributed by atoms with van der Waals surface area (Å²) < 4.78 is 6.93. The first-order chi connectivity index (χ1) is 9.29. The van der Waals surface area contributed by atoms with Crippen LogP contribution in [-0.2, 0) is 0 Å². The molecule has 0 amide bonds. The lowest BCUT2D eigenvalue weighted by molar-refractivity contribution is 0.103. The van der Waals surface area contributed by atoms with Gasteiger partial charge in [0.05, 0.1) is 13.3 Å². The van der Waals surface area contributed by atoms with Crippen LogP contribution in [0.15, 0.2) is 48.9 Å². The second-order valence-electron chi connectivity index (χ2n) is 4.00. The lowest BCUT2D eigenvalue weighted by Gasteiger charge is -2.06. The van der Waals surface area contributed by atoms with Crippen molar-refractivity contribution in [1.29, 1.82) is 0 Å². The Hall–Kier alpha value is -2.69. The molecule has 0 fully saturated rings. The third-order valence-electron chi connectivity index (χ3n) is 2.83. The Bertz CT molecular complexity index is 735. The van der Waals surface area contributed by atoms with Crippen molar-refractivity contribution in [1.82, 2.24) is 14.4 Å². The van der Waals surface area contributed by atoms with Gasteiger partial charge in [0.15, 0.2) is 5.65 Å². The van der Waals surface area contributed by atoms with Crippen molar-refractivity contribution in [2.75, 3.05) is 7.11 Å². The molecule has 19 heavy (non-hydrogen) atoms. The Balaban J connectivity index is 2.13. The van der Waals surface area contributed by atoms with Gasteiger partial charge in [-0.15, -0.1) is 0 Å². The first-order valence-electron chi connectivity index (χ1n) is 5.76. The average Bonchev–Trinajstić information content (AvgIpc) is 2.94. The van der Waals surface area contributed by atoms with Crippen molar-refractivity contribution in [3.63, 3.8) is 0 Å². The van der Waals surface area contributed by atoms with Gasteiger partial charge in [0.2, 0.25) is 11.7 Å². The Morgan fingerprint density at radius 2 is 2.05 bits per heavy atom. The Morgan fingerprint density at radius 1 is 1.26 bits per heavy atom. The fraction of sp³-hybridized carbons (Fsp3) is 0.0714. The topological polar surface area (TPSA) is 56.5 Å². The minimum Gasteiger partial charge on any atom is -0.482 e. The molecule has 94 valence electrons. The number of methoxy groups -OCH3 is 1. The first kappa shape index (κ1) is 11.4. The molecule has 0 N–H and O–H groups in total. The van der Waals surface area contributed by atoms with Crippen LogP contribution in [0.3, 0.4) is 0 Å². The standard InChI is InChI=1S/C14H11N3O2/c1-19-13-7-11(16-12-8-15-9-17(12)13)14(18)10-5-3-2-4-6-10/h2-9H,1H3. The van der Waals surface area contributed by atoms with Crippen molar-refractivity contribution in [2.45, 2.75) is 0 Å². The van der Waals surface area contributed by atoms with E-state index in [9.17, 15) is 4.79 Å². The molecule has 0 unspecified atom stereocenters. The van der Waals surface area contributed by atoms with Crippen LogP contribution >= 0.6 is 0 Å². The molecule has 2 aromatic heterocycles. The maximum absolute atomic E-state index is 12.3. The number of carbonyl (C=O) groups is 1. The summed E-state index contributed by atoms with van der Waals surface area (Å²) in [5.74, 6) is 0.393. The van der Waals surface area contributed by atoms with Crippen molar-refractivity contribution in [3.05, 3.63) is 60.2 Å². The molecular weight excluding hydrogens is 242 g/mol. The van der Waals surface area contributed by atoms with E-state index in [0.717, 1.165) is 0 Å². The van der Waals surface area contributed by atoms with Crippen LogP contribution in [0.5, 0.6) is 5.88 Å². The predicted octanol–water partition coefficient (Wildman–Crippen LogP) is 1.97. The summed E-state index contributed by atoms with van der Waals surface area (Å²) in [7, 11) is 1.55. The summed E-state index contributed by atoms with van der Waals surface area (Å²) in [4.78, 5) is 20.6. The van der Waals surface area contributed by atoms with Crippen molar-refractivity contribution in [3.8, 4) is 5.88 Å². The van der Waals surface area contributed by atoms with Gasteiger partial charge >= 0.3 is 0 Å². The van der Waals surface area contributed by atoms with Gasteiger partial charge in [0.1, 0.15) is 12.0 Å². The number of rotatable bonds is 3. The van der Waals surface area contributed by atoms with E-state index in [4.69, 9.17) is 4.74 Å². The Kier molecular flexibility index (Phi) is 2.72. The highest BCUT2D eigenvalue weighted by Crippen LogP contribution is 2.17. The molecule has 0 aliphatic rings. The van der Waals surface area contributed by atoms with Gasteiger partial charge in [-0.25, -0.2) is 9.97 Å². The monoisotopic (exact) mass is 253 g/mol. The Labute approximate surface area is 109 Å². The zero-order valence-corrected chi connectivity index (χ0v) is 10.3. The van der Waals surface area contributed by atoms with E-state index in [1.54, 1.807) is 42.2 Å². The number of fused-ring (bicyclic) bond motifs is 1. The maximum Gasteiger partial charge on any atom is 0.211 e. The summed E-state index contributed by atoms with van der Waals surface area (Å²) in [6.45, 7) is 0. The normalized spacial score (nSPS) is 10.6. The molecule has 0 bridgehead atoms. The van der Waals surface area contributed by atoms with E-state index in [1.807, 2.05) is 18.2 Å². The molecule has 3 aromatic rings. The van der Waals surface area contributed by atoms with Gasteiger partial charge in [-0.1, -0.05) is 30.3 Å². The number of imidazole rings is 1. The number of ether oxygens (including phenoxy) is 1. The van der Waals surface area contributed by atoms with Crippen LogP contribution in [0.25, 0.3) is 5.65 Å². The molecular formula is C14H11N3O2. The fourth-order valence-electron chi connectivity index (χ4n) is 1.89. The largest absolute Gasteiger partial charge is 0.482 e. The summed E-state index contributed by atoms with van der Waals surface area (Å²) in [6.07, 6.45) is 3.18. The average molecular weight is 253 g/mol. The van der Waals surface area contributed by atoms with E-state index in [2.05, 4.69) is 9.97 Å². The van der Waals surface area contributed by atoms with Crippen LogP contribution < -0.4 is 4.74 Å². The number of nitrogens with zero attached hydrogens (tertiary/aromatic N) is 3. The van der Waals surface area contributed by atoms with Crippen LogP contribution in [0.1, 0.15) is 16.1 Å². The Morgan fingerprint density at radius 3 is 2.79 bits per heavy atom. The number of ketones is 1. The van der Waals surface area contributed by atoms with E-state index < -0.39 is 0 Å². The number of benzene rings is 1. The summed E-state index contributed by atoms with van der Waals surface area (Å²) >= 11 is 0. The molecule has 0 aliphatic heterocycles. The molecule has 5 heteroatoms. The predicted molar refractivity (Wildman–Crippen MR) is 69.4 cm³/mol. The minimum absolute atomic E-state index is 0.136. The summed E-state index contributed by atoms with van der Waals surface area (Å²) in [5.41, 5.74) is 1.52. The molecule has 0 atom stereocenters. The number of hydrogen-bond donors (Lipinski definition) is 0. The molecule has 0 saturated heterocycles. The minimum atomic E-state index is -0.136. The molecule has 0 saturated carbocycles. The summed E-state index contributed by atoms with van der Waals surface area (Å²) in [6, 6.07) is 10.6. The highest BCUT2D eigenvalue weighted by atomic mass is 16.5. The molecule has 0 radical (unpaired) electrons. The molecule has 3 rings (SSSR count). The van der Waals surface area contributed by atoms with Gasteiger partial charge in [-0.05, 0) is 0 Å². The van der Waals surface area contributed by atoms with E-state index in [0.29, 0.717) is 22.8 Å². The smallest absolute Gasteiger partial charge is 0.211 e. The second kappa shape index (κ2) is 4.53. The quantitative estimate of drug-likeness (QED) is 0.670. The highest BCUT2D eigenvalue weighted by molar-refractivity contribution is 6.08. The molecule has 0 aliphatic carbocycles.